The van der Waals surface area contributed by atoms with Gasteiger partial charge in [0.05, 0.1) is 6.10 Å². The van der Waals surface area contributed by atoms with Gasteiger partial charge in [-0.25, -0.2) is 0 Å². The highest BCUT2D eigenvalue weighted by atomic mass is 16.3. The molecule has 1 aliphatic carbocycles. The number of aliphatic hydroxyl groups excluding tert-OH is 1. The fourth-order valence-corrected chi connectivity index (χ4v) is 2.40. The van der Waals surface area contributed by atoms with Crippen molar-refractivity contribution >= 4 is 5.78 Å². The summed E-state index contributed by atoms with van der Waals surface area (Å²) in [5, 5.41) is 10.0. The first kappa shape index (κ1) is 11.7. The van der Waals surface area contributed by atoms with Gasteiger partial charge < -0.3 is 5.11 Å². The van der Waals surface area contributed by atoms with E-state index in [9.17, 15) is 9.90 Å². The van der Waals surface area contributed by atoms with Gasteiger partial charge in [-0.15, -0.1) is 0 Å². The zero-order chi connectivity index (χ0) is 10.6. The first-order valence-electron chi connectivity index (χ1n) is 5.87. The Labute approximate surface area is 86.7 Å². The van der Waals surface area contributed by atoms with E-state index in [1.165, 1.54) is 19.3 Å². The van der Waals surface area contributed by atoms with Crippen molar-refractivity contribution in [1.82, 2.24) is 0 Å². The van der Waals surface area contributed by atoms with E-state index in [0.717, 1.165) is 12.8 Å². The molecule has 0 aromatic heterocycles. The van der Waals surface area contributed by atoms with Crippen LogP contribution in [0.3, 0.4) is 0 Å². The molecule has 2 heteroatoms. The Morgan fingerprint density at radius 2 is 1.93 bits per heavy atom. The Bertz CT molecular complexity index is 183. The second-order valence-electron chi connectivity index (χ2n) is 4.50. The highest BCUT2D eigenvalue weighted by molar-refractivity contribution is 5.80. The van der Waals surface area contributed by atoms with Crippen molar-refractivity contribution in [1.29, 1.82) is 0 Å². The Kier molecular flexibility index (Phi) is 4.59. The van der Waals surface area contributed by atoms with Crippen LogP contribution in [0, 0.1) is 11.8 Å². The molecule has 0 saturated heterocycles. The number of Topliss-reactive ketones (excluding diaryl/α,β-unsaturated/α-hetero) is 1. The van der Waals surface area contributed by atoms with Crippen molar-refractivity contribution in [3.05, 3.63) is 0 Å². The summed E-state index contributed by atoms with van der Waals surface area (Å²) < 4.78 is 0. The van der Waals surface area contributed by atoms with Crippen LogP contribution >= 0.6 is 0 Å². The quantitative estimate of drug-likeness (QED) is 0.753. The lowest BCUT2D eigenvalue weighted by Crippen LogP contribution is -2.33. The summed E-state index contributed by atoms with van der Waals surface area (Å²) in [5.41, 5.74) is 0. The van der Waals surface area contributed by atoms with Crippen LogP contribution < -0.4 is 0 Å². The Morgan fingerprint density at radius 3 is 2.43 bits per heavy atom. The van der Waals surface area contributed by atoms with Gasteiger partial charge in [-0.3, -0.25) is 4.79 Å². The molecule has 1 saturated carbocycles. The third kappa shape index (κ3) is 2.81. The number of hydrogen-bond donors (Lipinski definition) is 1. The molecular formula is C12H22O2. The van der Waals surface area contributed by atoms with Crippen molar-refractivity contribution < 1.29 is 9.90 Å². The average molecular weight is 198 g/mol. The maximum Gasteiger partial charge on any atom is 0.138 e. The van der Waals surface area contributed by atoms with Gasteiger partial charge in [0.2, 0.25) is 0 Å². The molecule has 2 atom stereocenters. The lowest BCUT2D eigenvalue weighted by atomic mass is 9.79. The van der Waals surface area contributed by atoms with Gasteiger partial charge in [0, 0.05) is 12.3 Å². The number of rotatable bonds is 4. The van der Waals surface area contributed by atoms with Gasteiger partial charge in [0.15, 0.2) is 0 Å². The van der Waals surface area contributed by atoms with Gasteiger partial charge in [-0.2, -0.15) is 0 Å². The van der Waals surface area contributed by atoms with Crippen molar-refractivity contribution in [2.75, 3.05) is 0 Å². The van der Waals surface area contributed by atoms with Crippen LogP contribution in [0.2, 0.25) is 0 Å². The van der Waals surface area contributed by atoms with Crippen LogP contribution in [0.1, 0.15) is 52.4 Å². The van der Waals surface area contributed by atoms with E-state index in [-0.39, 0.29) is 11.7 Å². The summed E-state index contributed by atoms with van der Waals surface area (Å²) in [7, 11) is 0. The highest BCUT2D eigenvalue weighted by Crippen LogP contribution is 2.29. The Balaban J connectivity index is 2.45. The van der Waals surface area contributed by atoms with Crippen LogP contribution in [0.25, 0.3) is 0 Å². The molecule has 14 heavy (non-hydrogen) atoms. The molecule has 1 N–H and O–H groups in total. The van der Waals surface area contributed by atoms with Crippen LogP contribution in [-0.2, 0) is 4.79 Å². The molecule has 0 unspecified atom stereocenters. The average Bonchev–Trinajstić information content (AvgIpc) is 2.27. The van der Waals surface area contributed by atoms with Gasteiger partial charge in [0.1, 0.15) is 5.78 Å². The molecule has 1 fully saturated rings. The zero-order valence-corrected chi connectivity index (χ0v) is 9.33. The van der Waals surface area contributed by atoms with E-state index in [2.05, 4.69) is 0 Å². The predicted molar refractivity (Wildman–Crippen MR) is 57.0 cm³/mol. The summed E-state index contributed by atoms with van der Waals surface area (Å²) >= 11 is 0. The van der Waals surface area contributed by atoms with Gasteiger partial charge >= 0.3 is 0 Å². The number of carbonyl (C=O) groups excluding carboxylic acids is 1. The second-order valence-corrected chi connectivity index (χ2v) is 4.50. The summed E-state index contributed by atoms with van der Waals surface area (Å²) in [6.07, 6.45) is 6.07. The number of hydrogen-bond acceptors (Lipinski definition) is 2. The van der Waals surface area contributed by atoms with Crippen LogP contribution in [0.15, 0.2) is 0 Å². The standard InChI is InChI=1S/C12H22O2/c1-3-11(13)9(2)12(14)10-7-5-4-6-8-10/h9-10,12,14H,3-8H2,1-2H3/t9-,12+/m0/s1. The van der Waals surface area contributed by atoms with E-state index < -0.39 is 6.10 Å². The minimum absolute atomic E-state index is 0.164. The van der Waals surface area contributed by atoms with E-state index in [1.54, 1.807) is 0 Å². The van der Waals surface area contributed by atoms with Crippen molar-refractivity contribution in [2.24, 2.45) is 11.8 Å². The molecule has 0 aliphatic heterocycles. The maximum atomic E-state index is 11.4. The largest absolute Gasteiger partial charge is 0.392 e. The first-order valence-corrected chi connectivity index (χ1v) is 5.87. The Morgan fingerprint density at radius 1 is 1.36 bits per heavy atom. The lowest BCUT2D eigenvalue weighted by Gasteiger charge is -2.29. The van der Waals surface area contributed by atoms with E-state index in [0.29, 0.717) is 12.3 Å². The number of ketones is 1. The van der Waals surface area contributed by atoms with Crippen LogP contribution in [0.4, 0.5) is 0 Å². The van der Waals surface area contributed by atoms with Crippen molar-refractivity contribution in [3.8, 4) is 0 Å². The second kappa shape index (κ2) is 5.50. The monoisotopic (exact) mass is 198 g/mol. The molecule has 2 nitrogen and oxygen atoms in total. The molecular weight excluding hydrogens is 176 g/mol. The Hall–Kier alpha value is -0.370. The molecule has 1 aliphatic rings. The number of aliphatic hydroxyl groups is 1. The van der Waals surface area contributed by atoms with Crippen LogP contribution in [0.5, 0.6) is 0 Å². The topological polar surface area (TPSA) is 37.3 Å². The summed E-state index contributed by atoms with van der Waals surface area (Å²) in [6, 6.07) is 0. The van der Waals surface area contributed by atoms with Crippen molar-refractivity contribution in [3.63, 3.8) is 0 Å². The molecule has 0 aromatic rings. The smallest absolute Gasteiger partial charge is 0.138 e. The molecule has 0 spiro atoms. The fourth-order valence-electron chi connectivity index (χ4n) is 2.40. The van der Waals surface area contributed by atoms with Crippen LogP contribution in [-0.4, -0.2) is 17.0 Å². The van der Waals surface area contributed by atoms with Crippen molar-refractivity contribution in [2.45, 2.75) is 58.5 Å². The molecule has 0 amide bonds. The van der Waals surface area contributed by atoms with Gasteiger partial charge in [-0.05, 0) is 18.8 Å². The number of carbonyl (C=O) groups is 1. The first-order chi connectivity index (χ1) is 6.66. The third-order valence-corrected chi connectivity index (χ3v) is 3.50. The molecule has 0 bridgehead atoms. The van der Waals surface area contributed by atoms with Gasteiger partial charge in [-0.1, -0.05) is 33.1 Å². The zero-order valence-electron chi connectivity index (χ0n) is 9.33. The fraction of sp³-hybridized carbons (Fsp3) is 0.917. The minimum atomic E-state index is -0.400. The SMILES string of the molecule is CCC(=O)[C@H](C)[C@@H](O)C1CCCCC1. The third-order valence-electron chi connectivity index (χ3n) is 3.50. The summed E-state index contributed by atoms with van der Waals surface area (Å²) in [6.45, 7) is 3.73. The maximum absolute atomic E-state index is 11.4. The normalized spacial score (nSPS) is 23.1. The molecule has 0 aromatic carbocycles. The summed E-state index contributed by atoms with van der Waals surface area (Å²) in [4.78, 5) is 11.4. The molecule has 0 heterocycles. The summed E-state index contributed by atoms with van der Waals surface area (Å²) in [5.74, 6) is 0.403. The van der Waals surface area contributed by atoms with Gasteiger partial charge in [0.25, 0.3) is 0 Å². The van der Waals surface area contributed by atoms with E-state index >= 15 is 0 Å². The minimum Gasteiger partial charge on any atom is -0.392 e. The molecule has 1 rings (SSSR count). The molecule has 82 valence electrons. The predicted octanol–water partition coefficient (Wildman–Crippen LogP) is 2.54. The van der Waals surface area contributed by atoms with E-state index in [1.807, 2.05) is 13.8 Å². The lowest BCUT2D eigenvalue weighted by molar-refractivity contribution is -0.127. The molecule has 0 radical (unpaired) electrons. The highest BCUT2D eigenvalue weighted by Gasteiger charge is 2.29. The van der Waals surface area contributed by atoms with E-state index in [4.69, 9.17) is 0 Å².